The molecule has 0 aliphatic carbocycles. The van der Waals surface area contributed by atoms with E-state index in [0.29, 0.717) is 11.4 Å². The van der Waals surface area contributed by atoms with Gasteiger partial charge in [-0.15, -0.1) is 0 Å². The first kappa shape index (κ1) is 13.2. The first-order valence-corrected chi connectivity index (χ1v) is 7.25. The lowest BCUT2D eigenvalue weighted by atomic mass is 10.3. The minimum Gasteiger partial charge on any atom is -0.439 e. The summed E-state index contributed by atoms with van der Waals surface area (Å²) in [5.41, 5.74) is 11.5. The number of nitrogen functional groups attached to an aromatic ring is 2. The Morgan fingerprint density at radius 1 is 1.16 bits per heavy atom. The zero-order valence-corrected chi connectivity index (χ0v) is 11.0. The van der Waals surface area contributed by atoms with Crippen LogP contribution < -0.4 is 16.2 Å². The smallest absolute Gasteiger partial charge is 0.221 e. The van der Waals surface area contributed by atoms with Crippen molar-refractivity contribution in [2.75, 3.05) is 17.7 Å². The molecule has 0 bridgehead atoms. The topological polar surface area (TPSA) is 108 Å². The molecule has 100 valence electrons. The van der Waals surface area contributed by atoms with Crippen LogP contribution in [0.15, 0.2) is 41.3 Å². The highest BCUT2D eigenvalue weighted by molar-refractivity contribution is 7.90. The van der Waals surface area contributed by atoms with Crippen LogP contribution in [0.25, 0.3) is 0 Å². The van der Waals surface area contributed by atoms with Crippen molar-refractivity contribution >= 4 is 21.3 Å². The van der Waals surface area contributed by atoms with Crippen LogP contribution in [0.3, 0.4) is 0 Å². The second kappa shape index (κ2) is 4.77. The normalized spacial score (nSPS) is 11.2. The van der Waals surface area contributed by atoms with Gasteiger partial charge in [-0.2, -0.15) is 4.98 Å². The van der Waals surface area contributed by atoms with Gasteiger partial charge in [0, 0.05) is 12.3 Å². The standard InChI is InChI=1S/C12H13N3O3S/c1-19(16,17)9-4-2-3-8(7-9)18-11-6-5-10(13)12(14)15-11/h2-7H,13H2,1H3,(H2,14,15). The van der Waals surface area contributed by atoms with Crippen molar-refractivity contribution in [3.05, 3.63) is 36.4 Å². The Bertz CT molecular complexity index is 714. The van der Waals surface area contributed by atoms with Gasteiger partial charge in [-0.05, 0) is 24.3 Å². The van der Waals surface area contributed by atoms with Gasteiger partial charge in [0.15, 0.2) is 15.7 Å². The van der Waals surface area contributed by atoms with Crippen molar-refractivity contribution < 1.29 is 13.2 Å². The molecule has 0 atom stereocenters. The Hall–Kier alpha value is -2.28. The number of rotatable bonds is 3. The second-order valence-corrected chi connectivity index (χ2v) is 5.99. The molecule has 0 amide bonds. The van der Waals surface area contributed by atoms with Crippen molar-refractivity contribution in [3.8, 4) is 11.6 Å². The van der Waals surface area contributed by atoms with Crippen LogP contribution in [0.5, 0.6) is 11.6 Å². The third-order valence-corrected chi connectivity index (χ3v) is 3.50. The summed E-state index contributed by atoms with van der Waals surface area (Å²) in [5.74, 6) is 0.772. The zero-order chi connectivity index (χ0) is 14.0. The van der Waals surface area contributed by atoms with Gasteiger partial charge in [-0.3, -0.25) is 0 Å². The van der Waals surface area contributed by atoms with E-state index in [1.807, 2.05) is 0 Å². The number of nitrogens with zero attached hydrogens (tertiary/aromatic N) is 1. The van der Waals surface area contributed by atoms with Crippen molar-refractivity contribution in [3.63, 3.8) is 0 Å². The van der Waals surface area contributed by atoms with Crippen molar-refractivity contribution in [1.29, 1.82) is 0 Å². The molecule has 0 aliphatic heterocycles. The quantitative estimate of drug-likeness (QED) is 0.880. The molecule has 7 heteroatoms. The molecular weight excluding hydrogens is 266 g/mol. The maximum Gasteiger partial charge on any atom is 0.221 e. The van der Waals surface area contributed by atoms with Gasteiger partial charge in [0.1, 0.15) is 5.75 Å². The number of hydrogen-bond acceptors (Lipinski definition) is 6. The molecule has 2 rings (SSSR count). The van der Waals surface area contributed by atoms with Gasteiger partial charge >= 0.3 is 0 Å². The predicted molar refractivity (Wildman–Crippen MR) is 72.7 cm³/mol. The monoisotopic (exact) mass is 279 g/mol. The number of sulfone groups is 1. The maximum atomic E-state index is 11.4. The highest BCUT2D eigenvalue weighted by Gasteiger charge is 2.09. The average Bonchev–Trinajstić information content (AvgIpc) is 2.33. The molecule has 0 unspecified atom stereocenters. The molecule has 0 fully saturated rings. The average molecular weight is 279 g/mol. The van der Waals surface area contributed by atoms with Crippen molar-refractivity contribution in [1.82, 2.24) is 4.98 Å². The number of hydrogen-bond donors (Lipinski definition) is 2. The molecule has 4 N–H and O–H groups in total. The zero-order valence-electron chi connectivity index (χ0n) is 10.2. The highest BCUT2D eigenvalue weighted by Crippen LogP contribution is 2.24. The minimum absolute atomic E-state index is 0.164. The van der Waals surface area contributed by atoms with Crippen LogP contribution in [0.2, 0.25) is 0 Å². The summed E-state index contributed by atoms with van der Waals surface area (Å²) >= 11 is 0. The summed E-state index contributed by atoms with van der Waals surface area (Å²) in [6.07, 6.45) is 1.13. The fourth-order valence-electron chi connectivity index (χ4n) is 1.41. The van der Waals surface area contributed by atoms with Crippen LogP contribution in [0.4, 0.5) is 11.5 Å². The lowest BCUT2D eigenvalue weighted by Gasteiger charge is -2.07. The van der Waals surface area contributed by atoms with Gasteiger partial charge in [-0.25, -0.2) is 8.42 Å². The number of aromatic nitrogens is 1. The fourth-order valence-corrected chi connectivity index (χ4v) is 2.07. The Balaban J connectivity index is 2.31. The van der Waals surface area contributed by atoms with Crippen LogP contribution in [0, 0.1) is 0 Å². The Morgan fingerprint density at radius 2 is 1.89 bits per heavy atom. The summed E-state index contributed by atoms with van der Waals surface area (Å²) in [6.45, 7) is 0. The first-order valence-electron chi connectivity index (χ1n) is 5.36. The molecule has 0 spiro atoms. The molecule has 6 nitrogen and oxygen atoms in total. The summed E-state index contributed by atoms with van der Waals surface area (Å²) < 4.78 is 28.3. The molecule has 1 aromatic heterocycles. The number of ether oxygens (including phenoxy) is 1. The SMILES string of the molecule is CS(=O)(=O)c1cccc(Oc2ccc(N)c(N)n2)c1. The van der Waals surface area contributed by atoms with E-state index in [1.54, 1.807) is 24.3 Å². The van der Waals surface area contributed by atoms with Crippen LogP contribution in [-0.2, 0) is 9.84 Å². The molecule has 1 aromatic carbocycles. The molecule has 0 saturated heterocycles. The maximum absolute atomic E-state index is 11.4. The van der Waals surface area contributed by atoms with Gasteiger partial charge in [0.25, 0.3) is 0 Å². The molecule has 0 saturated carbocycles. The van der Waals surface area contributed by atoms with Crippen molar-refractivity contribution in [2.24, 2.45) is 0 Å². The van der Waals surface area contributed by atoms with E-state index in [4.69, 9.17) is 16.2 Å². The molecular formula is C12H13N3O3S. The number of nitrogens with two attached hydrogens (primary N) is 2. The van der Waals surface area contributed by atoms with Gasteiger partial charge < -0.3 is 16.2 Å². The second-order valence-electron chi connectivity index (χ2n) is 3.97. The summed E-state index contributed by atoms with van der Waals surface area (Å²) in [6, 6.07) is 9.25. The van der Waals surface area contributed by atoms with E-state index >= 15 is 0 Å². The van der Waals surface area contributed by atoms with E-state index in [-0.39, 0.29) is 16.6 Å². The van der Waals surface area contributed by atoms with E-state index in [1.165, 1.54) is 12.1 Å². The van der Waals surface area contributed by atoms with E-state index in [2.05, 4.69) is 4.98 Å². The molecule has 1 heterocycles. The lowest BCUT2D eigenvalue weighted by molar-refractivity contribution is 0.462. The fraction of sp³-hybridized carbons (Fsp3) is 0.0833. The van der Waals surface area contributed by atoms with Crippen LogP contribution in [0.1, 0.15) is 0 Å². The Kier molecular flexibility index (Phi) is 3.30. The molecule has 0 aliphatic rings. The largest absolute Gasteiger partial charge is 0.439 e. The summed E-state index contributed by atoms with van der Waals surface area (Å²) in [7, 11) is -3.28. The van der Waals surface area contributed by atoms with Crippen LogP contribution in [-0.4, -0.2) is 19.7 Å². The lowest BCUT2D eigenvalue weighted by Crippen LogP contribution is -2.00. The number of pyridine rings is 1. The summed E-state index contributed by atoms with van der Waals surface area (Å²) in [4.78, 5) is 4.12. The molecule has 19 heavy (non-hydrogen) atoms. The summed E-state index contributed by atoms with van der Waals surface area (Å²) in [5, 5.41) is 0. The van der Waals surface area contributed by atoms with E-state index in [9.17, 15) is 8.42 Å². The Morgan fingerprint density at radius 3 is 2.53 bits per heavy atom. The number of anilines is 2. The Labute approximate surface area is 110 Å². The van der Waals surface area contributed by atoms with Crippen molar-refractivity contribution in [2.45, 2.75) is 4.90 Å². The highest BCUT2D eigenvalue weighted by atomic mass is 32.2. The van der Waals surface area contributed by atoms with Crippen LogP contribution >= 0.6 is 0 Å². The minimum atomic E-state index is -3.28. The molecule has 2 aromatic rings. The third kappa shape index (κ3) is 3.14. The third-order valence-electron chi connectivity index (χ3n) is 2.39. The van der Waals surface area contributed by atoms with Gasteiger partial charge in [0.05, 0.1) is 10.6 Å². The number of benzene rings is 1. The van der Waals surface area contributed by atoms with E-state index < -0.39 is 9.84 Å². The first-order chi connectivity index (χ1) is 8.86. The predicted octanol–water partition coefficient (Wildman–Crippen LogP) is 1.44. The van der Waals surface area contributed by atoms with E-state index in [0.717, 1.165) is 6.26 Å². The van der Waals surface area contributed by atoms with Gasteiger partial charge in [0.2, 0.25) is 5.88 Å². The molecule has 0 radical (unpaired) electrons. The van der Waals surface area contributed by atoms with Gasteiger partial charge in [-0.1, -0.05) is 6.07 Å².